The number of methoxy groups -OCH3 is 3. The number of phenolic OH excluding ortho intramolecular Hbond substituents is 1. The summed E-state index contributed by atoms with van der Waals surface area (Å²) in [5, 5.41) is 11.2. The Morgan fingerprint density at radius 1 is 0.980 bits per heavy atom. The number of phenols is 1. The van der Waals surface area contributed by atoms with Gasteiger partial charge in [0.2, 0.25) is 0 Å². The van der Waals surface area contributed by atoms with Gasteiger partial charge in [0.1, 0.15) is 17.2 Å². The number of fused-ring (bicyclic) bond motifs is 5. The molecule has 0 bridgehead atoms. The molecule has 14 heteroatoms. The van der Waals surface area contributed by atoms with Gasteiger partial charge >= 0.3 is 11.4 Å². The molecule has 0 amide bonds. The summed E-state index contributed by atoms with van der Waals surface area (Å²) in [6, 6.07) is 7.27. The van der Waals surface area contributed by atoms with E-state index >= 15 is 0 Å². The molecule has 2 aliphatic carbocycles. The number of carbonyl (C=O) groups is 2. The number of rotatable bonds is 7. The zero-order valence-corrected chi connectivity index (χ0v) is 28.6. The van der Waals surface area contributed by atoms with Crippen molar-refractivity contribution in [2.45, 2.75) is 51.7 Å². The molecule has 2 aromatic heterocycles. The molecule has 260 valence electrons. The van der Waals surface area contributed by atoms with Crippen molar-refractivity contribution >= 4 is 22.6 Å². The van der Waals surface area contributed by atoms with E-state index in [1.807, 2.05) is 6.08 Å². The average Bonchev–Trinajstić information content (AvgIpc) is 3.35. The van der Waals surface area contributed by atoms with Crippen LogP contribution >= 0.6 is 0 Å². The predicted molar refractivity (Wildman–Crippen MR) is 181 cm³/mol. The van der Waals surface area contributed by atoms with Gasteiger partial charge in [-0.25, -0.2) is 28.5 Å². The van der Waals surface area contributed by atoms with Crippen molar-refractivity contribution < 1.29 is 28.9 Å². The number of hydrogen-bond donors (Lipinski definition) is 1. The van der Waals surface area contributed by atoms with Gasteiger partial charge in [-0.2, -0.15) is 0 Å². The van der Waals surface area contributed by atoms with Gasteiger partial charge in [-0.05, 0) is 48.8 Å². The number of ether oxygens (including phenoxy) is 3. The lowest BCUT2D eigenvalue weighted by Gasteiger charge is -2.52. The predicted octanol–water partition coefficient (Wildman–Crippen LogP) is 2.42. The Bertz CT molecular complexity index is 2380. The second kappa shape index (κ2) is 11.7. The molecule has 3 aliphatic rings. The number of aromatic nitrogens is 5. The van der Waals surface area contributed by atoms with Crippen molar-refractivity contribution in [2.75, 3.05) is 21.3 Å². The fraction of sp³-hybridized carbons (Fsp3) is 0.389. The number of nitrogens with zero attached hydrogens (tertiary/aromatic N) is 5. The molecule has 0 spiro atoms. The molecule has 4 atom stereocenters. The zero-order chi connectivity index (χ0) is 35.8. The number of allylic oxidation sites excluding steroid dienone is 4. The van der Waals surface area contributed by atoms with Crippen LogP contribution < -0.4 is 31.1 Å². The Morgan fingerprint density at radius 3 is 2.40 bits per heavy atom. The maximum atomic E-state index is 14.2. The summed E-state index contributed by atoms with van der Waals surface area (Å²) in [6.45, 7) is 3.24. The van der Waals surface area contributed by atoms with E-state index in [1.54, 1.807) is 45.2 Å². The lowest BCUT2D eigenvalue weighted by molar-refractivity contribution is -0.139. The van der Waals surface area contributed by atoms with E-state index < -0.39 is 34.7 Å². The molecule has 50 heavy (non-hydrogen) atoms. The first-order valence-electron chi connectivity index (χ1n) is 16.2. The highest BCUT2D eigenvalue weighted by Crippen LogP contribution is 2.61. The van der Waals surface area contributed by atoms with Gasteiger partial charge in [0.15, 0.2) is 23.1 Å². The van der Waals surface area contributed by atoms with Crippen LogP contribution in [0.2, 0.25) is 0 Å². The van der Waals surface area contributed by atoms with Crippen molar-refractivity contribution in [3.63, 3.8) is 0 Å². The van der Waals surface area contributed by atoms with E-state index in [4.69, 9.17) is 14.2 Å². The maximum Gasteiger partial charge on any atom is 0.347 e. The Balaban J connectivity index is 1.31. The fourth-order valence-electron chi connectivity index (χ4n) is 8.22. The van der Waals surface area contributed by atoms with Gasteiger partial charge in [0.25, 0.3) is 5.56 Å². The summed E-state index contributed by atoms with van der Waals surface area (Å²) in [5.41, 5.74) is -0.346. The molecule has 7 rings (SSSR count). The van der Waals surface area contributed by atoms with Crippen LogP contribution in [0.5, 0.6) is 23.0 Å². The molecule has 3 heterocycles. The van der Waals surface area contributed by atoms with Crippen molar-refractivity contribution in [3.8, 4) is 23.0 Å². The normalized spacial score (nSPS) is 22.7. The quantitative estimate of drug-likeness (QED) is 0.286. The van der Waals surface area contributed by atoms with Crippen molar-refractivity contribution in [3.05, 3.63) is 96.2 Å². The third-order valence-corrected chi connectivity index (χ3v) is 10.8. The average molecular weight is 684 g/mol. The highest BCUT2D eigenvalue weighted by atomic mass is 16.5. The van der Waals surface area contributed by atoms with Crippen LogP contribution in [-0.4, -0.2) is 61.5 Å². The molecule has 2 aromatic carbocycles. The van der Waals surface area contributed by atoms with E-state index in [9.17, 15) is 29.1 Å². The number of ketones is 2. The van der Waals surface area contributed by atoms with Gasteiger partial charge in [-0.3, -0.25) is 14.4 Å². The van der Waals surface area contributed by atoms with E-state index in [1.165, 1.54) is 47.4 Å². The van der Waals surface area contributed by atoms with Crippen LogP contribution in [0.25, 0.3) is 11.0 Å². The number of aryl methyl sites for hydroxylation is 2. The number of Topliss-reactive ketones (excluding diaryl/α,β-unsaturated/α-hetero) is 1. The summed E-state index contributed by atoms with van der Waals surface area (Å²) in [6.07, 6.45) is 3.24. The molecule has 1 aliphatic heterocycles. The van der Waals surface area contributed by atoms with E-state index in [2.05, 4.69) is 4.98 Å². The molecule has 0 unspecified atom stereocenters. The standard InChI is InChI=1S/C36H37N5O9/c1-18-13-28(43)22-15-25-20(31(36(22,2)32(18)44)21-14-19(48-4)7-8-27(21)42)9-12-40-34(46)39(35(47)41(25)40)11-10-23-33(45)38(3)26-17-30(50-6)29(49-5)16-24(26)37-23/h7-9,13-14,16-17,22,25,31,42H,10-12,15H2,1-6H3/t22-,25+,31+,36+/m0/s1. The highest BCUT2D eigenvalue weighted by molar-refractivity contribution is 6.13. The first-order valence-corrected chi connectivity index (χ1v) is 16.2. The van der Waals surface area contributed by atoms with Crippen LogP contribution in [0.4, 0.5) is 0 Å². The monoisotopic (exact) mass is 683 g/mol. The van der Waals surface area contributed by atoms with Gasteiger partial charge in [-0.15, -0.1) is 0 Å². The number of hydrogen-bond acceptors (Lipinski definition) is 10. The van der Waals surface area contributed by atoms with Crippen LogP contribution in [0, 0.1) is 11.3 Å². The summed E-state index contributed by atoms with van der Waals surface area (Å²) in [4.78, 5) is 73.6. The molecular formula is C36H37N5O9. The maximum absolute atomic E-state index is 14.2. The molecule has 1 fully saturated rings. The topological polar surface area (TPSA) is 166 Å². The van der Waals surface area contributed by atoms with Crippen LogP contribution in [-0.2, 0) is 36.1 Å². The minimum atomic E-state index is -1.27. The van der Waals surface area contributed by atoms with Crippen LogP contribution in [0.15, 0.2) is 68.0 Å². The van der Waals surface area contributed by atoms with Gasteiger partial charge in [-0.1, -0.05) is 13.0 Å². The first kappa shape index (κ1) is 32.9. The van der Waals surface area contributed by atoms with Gasteiger partial charge < -0.3 is 23.9 Å². The third-order valence-electron chi connectivity index (χ3n) is 10.8. The van der Waals surface area contributed by atoms with Crippen LogP contribution in [0.3, 0.4) is 0 Å². The van der Waals surface area contributed by atoms with Crippen molar-refractivity contribution in [1.29, 1.82) is 0 Å². The summed E-state index contributed by atoms with van der Waals surface area (Å²) < 4.78 is 21.4. The number of carbonyl (C=O) groups excluding carboxylic acids is 2. The van der Waals surface area contributed by atoms with Crippen molar-refractivity contribution in [1.82, 2.24) is 23.5 Å². The lowest BCUT2D eigenvalue weighted by Crippen LogP contribution is -2.54. The fourth-order valence-corrected chi connectivity index (χ4v) is 8.22. The highest BCUT2D eigenvalue weighted by Gasteiger charge is 2.60. The molecule has 14 nitrogen and oxygen atoms in total. The Kier molecular flexibility index (Phi) is 7.72. The molecular weight excluding hydrogens is 646 g/mol. The molecule has 4 aromatic rings. The third kappa shape index (κ3) is 4.61. The van der Waals surface area contributed by atoms with E-state index in [0.29, 0.717) is 45.0 Å². The van der Waals surface area contributed by atoms with Gasteiger partial charge in [0, 0.05) is 49.5 Å². The largest absolute Gasteiger partial charge is 0.508 e. The van der Waals surface area contributed by atoms with Crippen LogP contribution in [0.1, 0.15) is 43.5 Å². The molecule has 0 saturated heterocycles. The first-order chi connectivity index (χ1) is 23.8. The van der Waals surface area contributed by atoms with Gasteiger partial charge in [0.05, 0.1) is 50.4 Å². The Hall–Kier alpha value is -5.66. The lowest BCUT2D eigenvalue weighted by atomic mass is 9.51. The SMILES string of the molecule is COc1ccc(O)c([C@H]2C3=CCn4c(=O)n(CCc5nc6cc(OC)c(OC)cc6n(C)c5=O)c(=O)n4[C@@H]3C[C@H]3C(=O)C=C(C)C(=O)[C@@]23C)c1. The molecule has 0 radical (unpaired) electrons. The molecule has 1 saturated carbocycles. The summed E-state index contributed by atoms with van der Waals surface area (Å²) >= 11 is 0. The minimum absolute atomic E-state index is 0.0147. The zero-order valence-electron chi connectivity index (χ0n) is 28.6. The summed E-state index contributed by atoms with van der Waals surface area (Å²) in [5.74, 6) is -0.883. The van der Waals surface area contributed by atoms with E-state index in [0.717, 1.165) is 4.57 Å². The van der Waals surface area contributed by atoms with Crippen molar-refractivity contribution in [2.24, 2.45) is 18.4 Å². The number of benzene rings is 2. The molecule has 1 N–H and O–H groups in total. The smallest absolute Gasteiger partial charge is 0.347 e. The summed E-state index contributed by atoms with van der Waals surface area (Å²) in [7, 11) is 6.09. The van der Waals surface area contributed by atoms with E-state index in [-0.39, 0.29) is 54.5 Å². The number of aromatic hydroxyl groups is 1. The second-order valence-corrected chi connectivity index (χ2v) is 13.2. The Labute approximate surface area is 285 Å². The second-order valence-electron chi connectivity index (χ2n) is 13.2. The minimum Gasteiger partial charge on any atom is -0.508 e. The Morgan fingerprint density at radius 2 is 1.70 bits per heavy atom.